The highest BCUT2D eigenvalue weighted by Crippen LogP contribution is 2.14. The summed E-state index contributed by atoms with van der Waals surface area (Å²) in [5.41, 5.74) is 0.209. The molecule has 0 atom stereocenters. The first-order valence-electron chi connectivity index (χ1n) is 3.92. The molecule has 0 amide bonds. The van der Waals surface area contributed by atoms with Gasteiger partial charge in [0.05, 0.1) is 0 Å². The highest BCUT2D eigenvalue weighted by molar-refractivity contribution is 6.62. The van der Waals surface area contributed by atoms with E-state index in [-0.39, 0.29) is 17.3 Å². The fourth-order valence-corrected chi connectivity index (χ4v) is 1.15. The van der Waals surface area contributed by atoms with E-state index in [0.29, 0.717) is 5.75 Å². The fourth-order valence-electron chi connectivity index (χ4n) is 0.936. The molecular formula is C8H10BClO4. The van der Waals surface area contributed by atoms with Gasteiger partial charge in [-0.3, -0.25) is 0 Å². The van der Waals surface area contributed by atoms with Gasteiger partial charge in [-0.1, -0.05) is 11.6 Å². The second-order valence-corrected chi connectivity index (χ2v) is 3.02. The van der Waals surface area contributed by atoms with Crippen molar-refractivity contribution in [1.82, 2.24) is 0 Å². The number of hydrogen-bond acceptors (Lipinski definition) is 4. The van der Waals surface area contributed by atoms with Crippen LogP contribution in [0.4, 0.5) is 0 Å². The summed E-state index contributed by atoms with van der Waals surface area (Å²) >= 11 is 5.72. The second-order valence-electron chi connectivity index (χ2n) is 2.61. The van der Waals surface area contributed by atoms with Gasteiger partial charge in [0, 0.05) is 17.6 Å². The Labute approximate surface area is 87.2 Å². The van der Waals surface area contributed by atoms with Crippen LogP contribution in [-0.2, 0) is 4.74 Å². The Balaban J connectivity index is 2.83. The fraction of sp³-hybridized carbons (Fsp3) is 0.250. The molecule has 0 spiro atoms. The van der Waals surface area contributed by atoms with Crippen LogP contribution in [-0.4, -0.2) is 31.1 Å². The predicted octanol–water partition coefficient (Wildman–Crippen LogP) is 0.00250. The van der Waals surface area contributed by atoms with Crippen molar-refractivity contribution in [3.8, 4) is 5.75 Å². The smallest absolute Gasteiger partial charge is 0.468 e. The predicted molar refractivity (Wildman–Crippen MR) is 53.8 cm³/mol. The third-order valence-electron chi connectivity index (χ3n) is 1.59. The number of hydrogen-bond donors (Lipinski definition) is 2. The summed E-state index contributed by atoms with van der Waals surface area (Å²) < 4.78 is 9.79. The third-order valence-corrected chi connectivity index (χ3v) is 1.93. The van der Waals surface area contributed by atoms with Crippen LogP contribution in [0.5, 0.6) is 5.75 Å². The van der Waals surface area contributed by atoms with Crippen molar-refractivity contribution >= 4 is 24.2 Å². The minimum absolute atomic E-state index is 0.0998. The van der Waals surface area contributed by atoms with Gasteiger partial charge in [0.15, 0.2) is 6.79 Å². The molecule has 0 saturated carbocycles. The molecule has 0 heterocycles. The van der Waals surface area contributed by atoms with Gasteiger partial charge in [0.1, 0.15) is 5.75 Å². The molecule has 0 aromatic heterocycles. The zero-order valence-electron chi connectivity index (χ0n) is 7.61. The summed E-state index contributed by atoms with van der Waals surface area (Å²) in [5, 5.41) is 18.2. The van der Waals surface area contributed by atoms with Gasteiger partial charge >= 0.3 is 7.12 Å². The Morgan fingerprint density at radius 3 is 2.71 bits per heavy atom. The van der Waals surface area contributed by atoms with Crippen molar-refractivity contribution in [1.29, 1.82) is 0 Å². The normalized spacial score (nSPS) is 10.0. The molecule has 76 valence electrons. The Hall–Kier alpha value is -0.745. The van der Waals surface area contributed by atoms with Gasteiger partial charge < -0.3 is 19.5 Å². The molecule has 2 N–H and O–H groups in total. The summed E-state index contributed by atoms with van der Waals surface area (Å²) in [4.78, 5) is 0. The van der Waals surface area contributed by atoms with Gasteiger partial charge in [-0.05, 0) is 18.2 Å². The van der Waals surface area contributed by atoms with E-state index in [1.165, 1.54) is 19.2 Å². The van der Waals surface area contributed by atoms with Crippen LogP contribution in [0.25, 0.3) is 0 Å². The maximum absolute atomic E-state index is 8.94. The number of methoxy groups -OCH3 is 1. The summed E-state index contributed by atoms with van der Waals surface area (Å²) in [5.74, 6) is 0.472. The lowest BCUT2D eigenvalue weighted by Crippen LogP contribution is -2.30. The number of benzene rings is 1. The molecule has 0 saturated heterocycles. The van der Waals surface area contributed by atoms with E-state index >= 15 is 0 Å². The molecule has 1 aromatic carbocycles. The van der Waals surface area contributed by atoms with Crippen molar-refractivity contribution in [2.24, 2.45) is 0 Å². The second kappa shape index (κ2) is 5.21. The minimum Gasteiger partial charge on any atom is -0.468 e. The van der Waals surface area contributed by atoms with Crippen LogP contribution in [0, 0.1) is 0 Å². The molecule has 0 aliphatic rings. The number of rotatable bonds is 4. The summed E-state index contributed by atoms with van der Waals surface area (Å²) in [6.07, 6.45) is 0. The van der Waals surface area contributed by atoms with Crippen LogP contribution in [0.2, 0.25) is 5.02 Å². The molecular weight excluding hydrogens is 206 g/mol. The van der Waals surface area contributed by atoms with Gasteiger partial charge in [-0.2, -0.15) is 0 Å². The Bertz CT molecular complexity index is 305. The molecule has 0 fully saturated rings. The van der Waals surface area contributed by atoms with Crippen molar-refractivity contribution in [2.75, 3.05) is 13.9 Å². The van der Waals surface area contributed by atoms with Crippen LogP contribution in [0.1, 0.15) is 0 Å². The molecule has 0 bridgehead atoms. The number of halogens is 1. The van der Waals surface area contributed by atoms with Crippen molar-refractivity contribution in [2.45, 2.75) is 0 Å². The maximum atomic E-state index is 8.94. The first-order chi connectivity index (χ1) is 6.65. The molecule has 0 unspecified atom stereocenters. The molecule has 1 rings (SSSR count). The Morgan fingerprint density at radius 1 is 1.43 bits per heavy atom. The lowest BCUT2D eigenvalue weighted by molar-refractivity contribution is 0.0512. The van der Waals surface area contributed by atoms with E-state index in [9.17, 15) is 0 Å². The zero-order chi connectivity index (χ0) is 10.6. The van der Waals surface area contributed by atoms with E-state index in [4.69, 9.17) is 31.1 Å². The quantitative estimate of drug-likeness (QED) is 0.550. The molecule has 0 aliphatic carbocycles. The van der Waals surface area contributed by atoms with Gasteiger partial charge in [0.2, 0.25) is 0 Å². The van der Waals surface area contributed by atoms with E-state index in [1.54, 1.807) is 6.07 Å². The molecule has 14 heavy (non-hydrogen) atoms. The first kappa shape index (κ1) is 11.3. The Kier molecular flexibility index (Phi) is 4.22. The topological polar surface area (TPSA) is 58.9 Å². The lowest BCUT2D eigenvalue weighted by atomic mass is 9.80. The van der Waals surface area contributed by atoms with E-state index in [1.807, 2.05) is 0 Å². The largest absolute Gasteiger partial charge is 0.490 e. The third kappa shape index (κ3) is 2.89. The standard InChI is InChI=1S/C8H10BClO4/c1-13-5-14-6-2-3-8(10)7(4-6)9(11)12/h2-4,11-12H,5H2,1H3. The van der Waals surface area contributed by atoms with Gasteiger partial charge in [-0.25, -0.2) is 0 Å². The highest BCUT2D eigenvalue weighted by Gasteiger charge is 2.15. The molecule has 4 nitrogen and oxygen atoms in total. The maximum Gasteiger partial charge on any atom is 0.490 e. The van der Waals surface area contributed by atoms with E-state index < -0.39 is 7.12 Å². The first-order valence-corrected chi connectivity index (χ1v) is 4.30. The minimum atomic E-state index is -1.60. The zero-order valence-corrected chi connectivity index (χ0v) is 8.36. The van der Waals surface area contributed by atoms with Crippen LogP contribution >= 0.6 is 11.6 Å². The lowest BCUT2D eigenvalue weighted by Gasteiger charge is -2.07. The monoisotopic (exact) mass is 216 g/mol. The van der Waals surface area contributed by atoms with Gasteiger partial charge in [0.25, 0.3) is 0 Å². The van der Waals surface area contributed by atoms with Gasteiger partial charge in [-0.15, -0.1) is 0 Å². The number of ether oxygens (including phenoxy) is 2. The van der Waals surface area contributed by atoms with E-state index in [2.05, 4.69) is 0 Å². The molecule has 1 aromatic rings. The van der Waals surface area contributed by atoms with Crippen LogP contribution in [0.3, 0.4) is 0 Å². The SMILES string of the molecule is COCOc1ccc(Cl)c(B(O)O)c1. The molecule has 0 radical (unpaired) electrons. The average molecular weight is 216 g/mol. The van der Waals surface area contributed by atoms with E-state index in [0.717, 1.165) is 0 Å². The van der Waals surface area contributed by atoms with Crippen LogP contribution in [0.15, 0.2) is 18.2 Å². The summed E-state index contributed by atoms with van der Waals surface area (Å²) in [6.45, 7) is 0.0998. The van der Waals surface area contributed by atoms with Crippen molar-refractivity contribution in [3.63, 3.8) is 0 Å². The summed E-state index contributed by atoms with van der Waals surface area (Å²) in [7, 11) is -0.105. The average Bonchev–Trinajstić information content (AvgIpc) is 2.16. The van der Waals surface area contributed by atoms with Crippen molar-refractivity contribution in [3.05, 3.63) is 23.2 Å². The van der Waals surface area contributed by atoms with Crippen molar-refractivity contribution < 1.29 is 19.5 Å². The summed E-state index contributed by atoms with van der Waals surface area (Å²) in [6, 6.07) is 4.60. The Morgan fingerprint density at radius 2 is 2.14 bits per heavy atom. The molecule has 6 heteroatoms. The molecule has 0 aliphatic heterocycles. The highest BCUT2D eigenvalue weighted by atomic mass is 35.5. The van der Waals surface area contributed by atoms with Crippen LogP contribution < -0.4 is 10.2 Å².